The predicted molar refractivity (Wildman–Crippen MR) is 96.6 cm³/mol. The summed E-state index contributed by atoms with van der Waals surface area (Å²) in [5.74, 6) is 0.777. The van der Waals surface area contributed by atoms with E-state index in [1.165, 1.54) is 23.5 Å². The molecule has 0 N–H and O–H groups in total. The summed E-state index contributed by atoms with van der Waals surface area (Å²) in [6.07, 6.45) is 3.76. The Morgan fingerprint density at radius 2 is 2.09 bits per heavy atom. The van der Waals surface area contributed by atoms with Gasteiger partial charge in [-0.05, 0) is 47.9 Å². The molecule has 22 heavy (non-hydrogen) atoms. The lowest BCUT2D eigenvalue weighted by atomic mass is 10.0. The number of nitrogens with zero attached hydrogens (tertiary/aromatic N) is 1. The molecule has 0 atom stereocenters. The van der Waals surface area contributed by atoms with Crippen LogP contribution in [0.4, 0.5) is 0 Å². The van der Waals surface area contributed by atoms with Crippen molar-refractivity contribution in [3.05, 3.63) is 47.7 Å². The van der Waals surface area contributed by atoms with Gasteiger partial charge in [-0.15, -0.1) is 11.8 Å². The number of benzene rings is 2. The lowest BCUT2D eigenvalue weighted by Gasteiger charge is -2.10. The number of hydrogen-bond acceptors (Lipinski definition) is 5. The Hall–Kier alpha value is -1.72. The van der Waals surface area contributed by atoms with Gasteiger partial charge in [0.05, 0.1) is 6.61 Å². The first-order chi connectivity index (χ1) is 10.7. The van der Waals surface area contributed by atoms with Crippen LogP contribution in [0.3, 0.4) is 0 Å². The summed E-state index contributed by atoms with van der Waals surface area (Å²) in [6, 6.07) is 12.1. The normalized spacial score (nSPS) is 16.4. The first-order valence-corrected chi connectivity index (χ1v) is 8.98. The zero-order valence-electron chi connectivity index (χ0n) is 12.3. The van der Waals surface area contributed by atoms with E-state index in [0.29, 0.717) is 12.3 Å². The van der Waals surface area contributed by atoms with E-state index in [1.807, 2.05) is 49.6 Å². The van der Waals surface area contributed by atoms with Crippen LogP contribution in [0.1, 0.15) is 12.5 Å². The lowest BCUT2D eigenvalue weighted by molar-refractivity contribution is -0.107. The number of fused-ring (bicyclic) bond motifs is 1. The van der Waals surface area contributed by atoms with Crippen LogP contribution >= 0.6 is 23.5 Å². The third-order valence-corrected chi connectivity index (χ3v) is 5.14. The summed E-state index contributed by atoms with van der Waals surface area (Å²) < 4.78 is 6.51. The third kappa shape index (κ3) is 2.91. The summed E-state index contributed by atoms with van der Waals surface area (Å²) in [6.45, 7) is 2.53. The fourth-order valence-corrected chi connectivity index (χ4v) is 3.58. The van der Waals surface area contributed by atoms with Crippen molar-refractivity contribution in [1.29, 1.82) is 0 Å². The molecule has 2 aromatic carbocycles. The van der Waals surface area contributed by atoms with Crippen molar-refractivity contribution in [1.82, 2.24) is 0 Å². The van der Waals surface area contributed by atoms with Crippen LogP contribution < -0.4 is 4.74 Å². The number of carbonyl (C=O) groups excluding carboxylic acids is 1. The first-order valence-electron chi connectivity index (χ1n) is 6.94. The molecule has 112 valence electrons. The lowest BCUT2D eigenvalue weighted by Crippen LogP contribution is -1.96. The maximum absolute atomic E-state index is 12.1. The van der Waals surface area contributed by atoms with Crippen LogP contribution in [0, 0.1) is 0 Å². The van der Waals surface area contributed by atoms with Crippen molar-refractivity contribution in [2.24, 2.45) is 4.99 Å². The Kier molecular flexibility index (Phi) is 4.55. The van der Waals surface area contributed by atoms with Crippen molar-refractivity contribution < 1.29 is 9.53 Å². The van der Waals surface area contributed by atoms with Crippen molar-refractivity contribution >= 4 is 49.9 Å². The molecular formula is C17H15NO2S2. The zero-order valence-corrected chi connectivity index (χ0v) is 14.0. The van der Waals surface area contributed by atoms with Crippen molar-refractivity contribution in [3.63, 3.8) is 0 Å². The molecule has 5 heteroatoms. The summed E-state index contributed by atoms with van der Waals surface area (Å²) in [7, 11) is 0. The summed E-state index contributed by atoms with van der Waals surface area (Å²) in [5.41, 5.74) is 1.39. The number of hydrogen-bond donors (Lipinski definition) is 0. The van der Waals surface area contributed by atoms with Gasteiger partial charge in [-0.3, -0.25) is 4.79 Å². The second-order valence-electron chi connectivity index (χ2n) is 4.63. The summed E-state index contributed by atoms with van der Waals surface area (Å²) in [4.78, 5) is 16.5. The van der Waals surface area contributed by atoms with E-state index in [4.69, 9.17) is 4.74 Å². The van der Waals surface area contributed by atoms with Gasteiger partial charge >= 0.3 is 0 Å². The maximum atomic E-state index is 12.1. The zero-order chi connectivity index (χ0) is 15.5. The molecule has 3 nitrogen and oxygen atoms in total. The molecule has 0 spiro atoms. The molecule has 0 amide bonds. The van der Waals surface area contributed by atoms with Crippen LogP contribution in [0.15, 0.2) is 47.1 Å². The quantitative estimate of drug-likeness (QED) is 0.773. The van der Waals surface area contributed by atoms with Crippen LogP contribution in [-0.2, 0) is 4.79 Å². The number of thioether (sulfide) groups is 2. The standard InChI is InChI=1S/C17H15NO2S2/c1-3-20-15-9-8-11-6-4-5-7-12(11)13(15)10-14-16(19)22-17(18-14)21-2/h4-10H,3H2,1-2H3. The van der Waals surface area contributed by atoms with E-state index in [2.05, 4.69) is 11.1 Å². The predicted octanol–water partition coefficient (Wildman–Crippen LogP) is 4.57. The number of ether oxygens (including phenoxy) is 1. The van der Waals surface area contributed by atoms with Gasteiger partial charge in [-0.2, -0.15) is 0 Å². The van der Waals surface area contributed by atoms with Gasteiger partial charge in [-0.1, -0.05) is 30.3 Å². The number of aliphatic imine (C=N–C) groups is 1. The highest BCUT2D eigenvalue weighted by atomic mass is 32.2. The van der Waals surface area contributed by atoms with Gasteiger partial charge in [-0.25, -0.2) is 4.99 Å². The van der Waals surface area contributed by atoms with Crippen molar-refractivity contribution in [3.8, 4) is 5.75 Å². The summed E-state index contributed by atoms with van der Waals surface area (Å²) >= 11 is 2.67. The van der Waals surface area contributed by atoms with E-state index in [-0.39, 0.29) is 5.12 Å². The molecule has 0 saturated carbocycles. The van der Waals surface area contributed by atoms with Gasteiger partial charge in [0.25, 0.3) is 0 Å². The fourth-order valence-electron chi connectivity index (χ4n) is 2.32. The van der Waals surface area contributed by atoms with Crippen LogP contribution in [0.25, 0.3) is 16.8 Å². The van der Waals surface area contributed by atoms with Crippen LogP contribution in [-0.4, -0.2) is 22.4 Å². The average molecular weight is 329 g/mol. The first kappa shape index (κ1) is 15.2. The summed E-state index contributed by atoms with van der Waals surface area (Å²) in [5, 5.41) is 2.16. The molecule has 2 aromatic rings. The molecule has 0 aromatic heterocycles. The molecular weight excluding hydrogens is 314 g/mol. The fraction of sp³-hybridized carbons (Fsp3) is 0.176. The molecule has 0 fully saturated rings. The Morgan fingerprint density at radius 1 is 1.27 bits per heavy atom. The minimum Gasteiger partial charge on any atom is -0.493 e. The molecule has 0 aliphatic carbocycles. The van der Waals surface area contributed by atoms with E-state index in [0.717, 1.165) is 26.5 Å². The Bertz CT molecular complexity index is 796. The molecule has 0 bridgehead atoms. The van der Waals surface area contributed by atoms with Crippen LogP contribution in [0.2, 0.25) is 0 Å². The van der Waals surface area contributed by atoms with Crippen molar-refractivity contribution in [2.45, 2.75) is 6.92 Å². The second-order valence-corrected chi connectivity index (χ2v) is 6.65. The topological polar surface area (TPSA) is 38.7 Å². The highest BCUT2D eigenvalue weighted by Gasteiger charge is 2.22. The maximum Gasteiger partial charge on any atom is 0.244 e. The van der Waals surface area contributed by atoms with Gasteiger partial charge < -0.3 is 4.74 Å². The Balaban J connectivity index is 2.18. The molecule has 0 radical (unpaired) electrons. The van der Waals surface area contributed by atoms with Gasteiger partial charge in [0.1, 0.15) is 15.8 Å². The van der Waals surface area contributed by atoms with Gasteiger partial charge in [0.15, 0.2) is 0 Å². The molecule has 1 heterocycles. The molecule has 0 saturated heterocycles. The number of rotatable bonds is 3. The molecule has 1 aliphatic heterocycles. The largest absolute Gasteiger partial charge is 0.493 e. The highest BCUT2D eigenvalue weighted by molar-refractivity contribution is 8.45. The van der Waals surface area contributed by atoms with E-state index in [9.17, 15) is 4.79 Å². The Labute approximate surface area is 137 Å². The van der Waals surface area contributed by atoms with Crippen molar-refractivity contribution in [2.75, 3.05) is 12.9 Å². The van der Waals surface area contributed by atoms with Gasteiger partial charge in [0.2, 0.25) is 5.12 Å². The highest BCUT2D eigenvalue weighted by Crippen LogP contribution is 2.34. The number of carbonyl (C=O) groups is 1. The van der Waals surface area contributed by atoms with E-state index < -0.39 is 0 Å². The van der Waals surface area contributed by atoms with Crippen LogP contribution in [0.5, 0.6) is 5.75 Å². The smallest absolute Gasteiger partial charge is 0.244 e. The average Bonchev–Trinajstić information content (AvgIpc) is 2.90. The van der Waals surface area contributed by atoms with E-state index >= 15 is 0 Å². The molecule has 0 unspecified atom stereocenters. The Morgan fingerprint density at radius 3 is 2.82 bits per heavy atom. The van der Waals surface area contributed by atoms with E-state index in [1.54, 1.807) is 0 Å². The minimum absolute atomic E-state index is 0.0141. The van der Waals surface area contributed by atoms with Gasteiger partial charge in [0, 0.05) is 5.56 Å². The third-order valence-electron chi connectivity index (χ3n) is 3.29. The molecule has 3 rings (SSSR count). The monoisotopic (exact) mass is 329 g/mol. The SMILES string of the molecule is CCOc1ccc2ccccc2c1C=C1N=C(SC)SC1=O. The molecule has 1 aliphatic rings. The second kappa shape index (κ2) is 6.58. The minimum atomic E-state index is -0.0141.